The first-order valence-electron chi connectivity index (χ1n) is 8.16. The minimum atomic E-state index is -0.599. The van der Waals surface area contributed by atoms with E-state index >= 15 is 0 Å². The highest BCUT2D eigenvalue weighted by atomic mass is 16.5. The fourth-order valence-corrected chi connectivity index (χ4v) is 2.43. The van der Waals surface area contributed by atoms with Crippen molar-refractivity contribution in [2.24, 2.45) is 0 Å². The predicted molar refractivity (Wildman–Crippen MR) is 97.0 cm³/mol. The molecule has 1 heterocycles. The van der Waals surface area contributed by atoms with Gasteiger partial charge in [0.25, 0.3) is 0 Å². The number of hydrogen-bond donors (Lipinski definition) is 0. The Hall–Kier alpha value is -3.61. The second-order valence-corrected chi connectivity index (χ2v) is 5.59. The lowest BCUT2D eigenvalue weighted by Gasteiger charge is -2.05. The lowest BCUT2D eigenvalue weighted by atomic mass is 10.1. The van der Waals surface area contributed by atoms with Crippen molar-refractivity contribution in [1.29, 1.82) is 0 Å². The molecule has 138 valence electrons. The third-order valence-electron chi connectivity index (χ3n) is 3.86. The van der Waals surface area contributed by atoms with Crippen LogP contribution >= 0.6 is 0 Å². The minimum Gasteiger partial charge on any atom is -0.493 e. The van der Waals surface area contributed by atoms with Crippen LogP contribution in [0.25, 0.3) is 5.69 Å². The van der Waals surface area contributed by atoms with Crippen LogP contribution in [-0.4, -0.2) is 35.9 Å². The molecule has 0 saturated heterocycles. The lowest BCUT2D eigenvalue weighted by molar-refractivity contribution is 0.0460. The highest BCUT2D eigenvalue weighted by molar-refractivity contribution is 5.90. The zero-order valence-electron chi connectivity index (χ0n) is 14.9. The second kappa shape index (κ2) is 8.18. The summed E-state index contributed by atoms with van der Waals surface area (Å²) < 4.78 is 16.8. The maximum Gasteiger partial charge on any atom is 0.363 e. The van der Waals surface area contributed by atoms with E-state index in [0.717, 1.165) is 11.3 Å². The number of para-hydroxylation sites is 1. The van der Waals surface area contributed by atoms with Crippen LogP contribution in [-0.2, 0) is 16.1 Å². The van der Waals surface area contributed by atoms with E-state index in [-0.39, 0.29) is 12.3 Å². The summed E-state index contributed by atoms with van der Waals surface area (Å²) in [6, 6.07) is 16.0. The smallest absolute Gasteiger partial charge is 0.363 e. The Morgan fingerprint density at radius 3 is 2.30 bits per heavy atom. The maximum atomic E-state index is 12.4. The largest absolute Gasteiger partial charge is 0.493 e. The first-order chi connectivity index (χ1) is 13.1. The summed E-state index contributed by atoms with van der Waals surface area (Å²) in [5, 5.41) is 4.27. The Bertz CT molecular complexity index is 933. The SMILES string of the molecule is COC(=O)c1ccc(COC(=O)c2nn(-c3ccccc3)cc2OC)cc1. The van der Waals surface area contributed by atoms with Gasteiger partial charge in [-0.3, -0.25) is 0 Å². The van der Waals surface area contributed by atoms with E-state index in [1.807, 2.05) is 30.3 Å². The summed E-state index contributed by atoms with van der Waals surface area (Å²) in [6.45, 7) is 0.0433. The average molecular weight is 366 g/mol. The van der Waals surface area contributed by atoms with Gasteiger partial charge >= 0.3 is 11.9 Å². The van der Waals surface area contributed by atoms with Crippen molar-refractivity contribution in [3.8, 4) is 11.4 Å². The van der Waals surface area contributed by atoms with Gasteiger partial charge in [-0.25, -0.2) is 14.3 Å². The van der Waals surface area contributed by atoms with Crippen LogP contribution < -0.4 is 4.74 Å². The van der Waals surface area contributed by atoms with Gasteiger partial charge in [0.15, 0.2) is 5.75 Å². The molecule has 0 saturated carbocycles. The monoisotopic (exact) mass is 366 g/mol. The molecule has 0 radical (unpaired) electrons. The molecule has 0 bridgehead atoms. The Morgan fingerprint density at radius 2 is 1.67 bits per heavy atom. The summed E-state index contributed by atoms with van der Waals surface area (Å²) in [7, 11) is 2.79. The highest BCUT2D eigenvalue weighted by Crippen LogP contribution is 2.21. The van der Waals surface area contributed by atoms with Crippen LogP contribution in [0.5, 0.6) is 5.75 Å². The lowest BCUT2D eigenvalue weighted by Crippen LogP contribution is -2.08. The molecule has 0 aliphatic carbocycles. The van der Waals surface area contributed by atoms with Crippen molar-refractivity contribution >= 4 is 11.9 Å². The van der Waals surface area contributed by atoms with Gasteiger partial charge in [-0.1, -0.05) is 30.3 Å². The Balaban J connectivity index is 1.71. The minimum absolute atomic E-state index is 0.0433. The highest BCUT2D eigenvalue weighted by Gasteiger charge is 2.20. The molecular formula is C20H18N2O5. The van der Waals surface area contributed by atoms with Crippen molar-refractivity contribution in [1.82, 2.24) is 9.78 Å². The van der Waals surface area contributed by atoms with Gasteiger partial charge in [0, 0.05) is 0 Å². The van der Waals surface area contributed by atoms with Crippen LogP contribution in [0.4, 0.5) is 0 Å². The molecule has 27 heavy (non-hydrogen) atoms. The number of hydrogen-bond acceptors (Lipinski definition) is 6. The fourth-order valence-electron chi connectivity index (χ4n) is 2.43. The van der Waals surface area contributed by atoms with E-state index in [1.54, 1.807) is 35.1 Å². The number of esters is 2. The molecule has 3 aromatic rings. The Morgan fingerprint density at radius 1 is 0.963 bits per heavy atom. The maximum absolute atomic E-state index is 12.4. The summed E-state index contributed by atoms with van der Waals surface area (Å²) in [6.07, 6.45) is 1.62. The second-order valence-electron chi connectivity index (χ2n) is 5.59. The molecule has 1 aromatic heterocycles. The molecule has 0 fully saturated rings. The first kappa shape index (κ1) is 18.2. The molecule has 0 N–H and O–H groups in total. The molecule has 0 aliphatic heterocycles. The van der Waals surface area contributed by atoms with Crippen LogP contribution in [0.1, 0.15) is 26.4 Å². The topological polar surface area (TPSA) is 79.7 Å². The third kappa shape index (κ3) is 4.14. The number of nitrogens with zero attached hydrogens (tertiary/aromatic N) is 2. The number of carbonyl (C=O) groups excluding carboxylic acids is 2. The average Bonchev–Trinajstić information content (AvgIpc) is 3.17. The molecule has 7 nitrogen and oxygen atoms in total. The van der Waals surface area contributed by atoms with Gasteiger partial charge in [-0.05, 0) is 29.8 Å². The number of methoxy groups -OCH3 is 2. The van der Waals surface area contributed by atoms with Gasteiger partial charge in [-0.2, -0.15) is 5.10 Å². The summed E-state index contributed by atoms with van der Waals surface area (Å²) in [5.41, 5.74) is 2.05. The number of benzene rings is 2. The molecule has 0 spiro atoms. The zero-order chi connectivity index (χ0) is 19.2. The number of rotatable bonds is 6. The quantitative estimate of drug-likeness (QED) is 0.624. The van der Waals surface area contributed by atoms with Gasteiger partial charge < -0.3 is 14.2 Å². The van der Waals surface area contributed by atoms with Crippen molar-refractivity contribution in [3.63, 3.8) is 0 Å². The van der Waals surface area contributed by atoms with Gasteiger partial charge in [0.1, 0.15) is 6.61 Å². The summed E-state index contributed by atoms with van der Waals surface area (Å²) in [5.74, 6) is -0.696. The van der Waals surface area contributed by atoms with Crippen molar-refractivity contribution in [3.05, 3.63) is 77.6 Å². The number of aromatic nitrogens is 2. The standard InChI is InChI=1S/C20H18N2O5/c1-25-17-12-22(16-6-4-3-5-7-16)21-18(17)20(24)27-13-14-8-10-15(11-9-14)19(23)26-2/h3-12H,13H2,1-2H3. The Kier molecular flexibility index (Phi) is 5.51. The Labute approximate surface area is 156 Å². The molecule has 0 amide bonds. The van der Waals surface area contributed by atoms with E-state index in [2.05, 4.69) is 9.84 Å². The van der Waals surface area contributed by atoms with Crippen LogP contribution in [0.2, 0.25) is 0 Å². The normalized spacial score (nSPS) is 10.3. The van der Waals surface area contributed by atoms with Crippen LogP contribution in [0.3, 0.4) is 0 Å². The van der Waals surface area contributed by atoms with E-state index in [1.165, 1.54) is 14.2 Å². The molecule has 0 unspecified atom stereocenters. The summed E-state index contributed by atoms with van der Waals surface area (Å²) in [4.78, 5) is 23.8. The van der Waals surface area contributed by atoms with Crippen molar-refractivity contribution in [2.75, 3.05) is 14.2 Å². The molecule has 0 atom stereocenters. The molecular weight excluding hydrogens is 348 g/mol. The number of carbonyl (C=O) groups is 2. The molecule has 2 aromatic carbocycles. The first-order valence-corrected chi connectivity index (χ1v) is 8.16. The van der Waals surface area contributed by atoms with E-state index in [0.29, 0.717) is 11.3 Å². The van der Waals surface area contributed by atoms with Crippen molar-refractivity contribution in [2.45, 2.75) is 6.61 Å². The van der Waals surface area contributed by atoms with Gasteiger partial charge in [0.2, 0.25) is 5.69 Å². The zero-order valence-corrected chi connectivity index (χ0v) is 14.9. The molecule has 0 aliphatic rings. The molecule has 7 heteroatoms. The number of ether oxygens (including phenoxy) is 3. The third-order valence-corrected chi connectivity index (χ3v) is 3.86. The predicted octanol–water partition coefficient (Wildman–Crippen LogP) is 3.02. The van der Waals surface area contributed by atoms with Gasteiger partial charge in [0.05, 0.1) is 31.7 Å². The molecule has 3 rings (SSSR count). The van der Waals surface area contributed by atoms with Crippen molar-refractivity contribution < 1.29 is 23.8 Å². The van der Waals surface area contributed by atoms with E-state index < -0.39 is 11.9 Å². The fraction of sp³-hybridized carbons (Fsp3) is 0.150. The van der Waals surface area contributed by atoms with Crippen LogP contribution in [0.15, 0.2) is 60.8 Å². The van der Waals surface area contributed by atoms with Crippen LogP contribution in [0, 0.1) is 0 Å². The summed E-state index contributed by atoms with van der Waals surface area (Å²) >= 11 is 0. The van der Waals surface area contributed by atoms with E-state index in [9.17, 15) is 9.59 Å². The van der Waals surface area contributed by atoms with E-state index in [4.69, 9.17) is 9.47 Å². The van der Waals surface area contributed by atoms with Gasteiger partial charge in [-0.15, -0.1) is 0 Å².